The van der Waals surface area contributed by atoms with Gasteiger partial charge in [0, 0.05) is 5.92 Å². The van der Waals surface area contributed by atoms with Crippen LogP contribution in [0.5, 0.6) is 0 Å². The highest BCUT2D eigenvalue weighted by atomic mass is 19.4. The highest BCUT2D eigenvalue weighted by molar-refractivity contribution is 5.73. The quantitative estimate of drug-likeness (QED) is 0.423. The minimum absolute atomic E-state index is 0.0958. The van der Waals surface area contributed by atoms with Gasteiger partial charge in [-0.2, -0.15) is 43.9 Å². The maximum Gasteiger partial charge on any atom is 0.449 e. The summed E-state index contributed by atoms with van der Waals surface area (Å²) in [6.07, 6.45) is -19.3. The third-order valence-corrected chi connectivity index (χ3v) is 6.14. The Morgan fingerprint density at radius 2 is 1.56 bits per heavy atom. The second-order valence-electron chi connectivity index (χ2n) is 8.18. The summed E-state index contributed by atoms with van der Waals surface area (Å²) in [5.41, 5.74) is -4.97. The molecule has 0 spiro atoms. The number of halogens is 10. The Morgan fingerprint density at radius 1 is 1.06 bits per heavy atom. The zero-order valence-corrected chi connectivity index (χ0v) is 16.9. The van der Waals surface area contributed by atoms with Gasteiger partial charge in [-0.3, -0.25) is 4.79 Å². The maximum absolute atomic E-state index is 15.4. The van der Waals surface area contributed by atoms with E-state index < -0.39 is 72.3 Å². The van der Waals surface area contributed by atoms with E-state index in [1.807, 2.05) is 0 Å². The summed E-state index contributed by atoms with van der Waals surface area (Å²) in [5, 5.41) is 9.75. The molecule has 4 atom stereocenters. The van der Waals surface area contributed by atoms with Crippen LogP contribution in [0, 0.1) is 11.8 Å². The summed E-state index contributed by atoms with van der Waals surface area (Å²) in [7, 11) is 0. The molecule has 0 aromatic heterocycles. The van der Waals surface area contributed by atoms with E-state index in [0.29, 0.717) is 0 Å². The Kier molecular flexibility index (Phi) is 6.88. The number of alkyl halides is 10. The first kappa shape index (κ1) is 26.9. The summed E-state index contributed by atoms with van der Waals surface area (Å²) in [6, 6.07) is 0. The fraction of sp³-hybridized carbons (Fsp3) is 0.944. The molecule has 2 fully saturated rings. The van der Waals surface area contributed by atoms with Crippen LogP contribution in [0.15, 0.2) is 0 Å². The number of hydrogen-bond acceptors (Lipinski definition) is 4. The van der Waals surface area contributed by atoms with Gasteiger partial charge in [0.05, 0.1) is 5.92 Å². The molecule has 1 saturated heterocycles. The van der Waals surface area contributed by atoms with Gasteiger partial charge >= 0.3 is 36.0 Å². The summed E-state index contributed by atoms with van der Waals surface area (Å²) in [6.45, 7) is 2.31. The first-order chi connectivity index (χ1) is 14.3. The van der Waals surface area contributed by atoms with Crippen molar-refractivity contribution in [1.29, 1.82) is 0 Å². The number of carbonyl (C=O) groups excluding carboxylic acids is 1. The molecule has 2 aliphatic rings. The lowest BCUT2D eigenvalue weighted by Gasteiger charge is -2.58. The summed E-state index contributed by atoms with van der Waals surface area (Å²) < 4.78 is 150. The number of carbonyl (C=O) groups is 1. The first-order valence-corrected chi connectivity index (χ1v) is 9.83. The lowest BCUT2D eigenvalue weighted by Crippen LogP contribution is -2.85. The lowest BCUT2D eigenvalue weighted by atomic mass is 9.65. The van der Waals surface area contributed by atoms with E-state index in [2.05, 4.69) is 9.47 Å². The largest absolute Gasteiger partial charge is 0.449 e. The zero-order valence-electron chi connectivity index (χ0n) is 16.9. The molecule has 4 nitrogen and oxygen atoms in total. The van der Waals surface area contributed by atoms with Crippen LogP contribution in [0.1, 0.15) is 52.4 Å². The predicted molar refractivity (Wildman–Crippen MR) is 86.7 cm³/mol. The minimum atomic E-state index is -6.65. The van der Waals surface area contributed by atoms with Crippen molar-refractivity contribution >= 4 is 5.97 Å². The smallest absolute Gasteiger partial charge is 0.445 e. The molecule has 4 unspecified atom stereocenters. The van der Waals surface area contributed by atoms with Gasteiger partial charge in [-0.05, 0) is 19.3 Å². The molecule has 1 aliphatic heterocycles. The lowest BCUT2D eigenvalue weighted by molar-refractivity contribution is -0.538. The van der Waals surface area contributed by atoms with Gasteiger partial charge in [0.1, 0.15) is 0 Å². The maximum atomic E-state index is 15.4. The van der Waals surface area contributed by atoms with Crippen LogP contribution in [0.3, 0.4) is 0 Å². The second kappa shape index (κ2) is 8.17. The average Bonchev–Trinajstić information content (AvgIpc) is 2.66. The SMILES string of the molecule is CCC(C)C(=O)OC1(C2CCCCC2)C(F)(F)C(C(F)(F)F)OC(O)(C(F)(F)F)C1(F)F. The molecule has 1 aliphatic carbocycles. The van der Waals surface area contributed by atoms with Gasteiger partial charge in [-0.15, -0.1) is 0 Å². The Hall–Kier alpha value is -1.31. The molecule has 0 radical (unpaired) electrons. The van der Waals surface area contributed by atoms with Crippen LogP contribution in [-0.2, 0) is 14.3 Å². The molecular formula is C18H22F10O4. The summed E-state index contributed by atoms with van der Waals surface area (Å²) in [4.78, 5) is 12.3. The molecule has 1 N–H and O–H groups in total. The van der Waals surface area contributed by atoms with Crippen LogP contribution < -0.4 is 0 Å². The third-order valence-electron chi connectivity index (χ3n) is 6.14. The molecule has 0 bridgehead atoms. The monoisotopic (exact) mass is 492 g/mol. The van der Waals surface area contributed by atoms with E-state index in [1.54, 1.807) is 0 Å². The summed E-state index contributed by atoms with van der Waals surface area (Å²) >= 11 is 0. The molecule has 32 heavy (non-hydrogen) atoms. The van der Waals surface area contributed by atoms with Crippen molar-refractivity contribution in [1.82, 2.24) is 0 Å². The zero-order chi connectivity index (χ0) is 25.0. The fourth-order valence-electron chi connectivity index (χ4n) is 4.17. The number of hydrogen-bond donors (Lipinski definition) is 1. The van der Waals surface area contributed by atoms with Crippen molar-refractivity contribution in [2.24, 2.45) is 11.8 Å². The number of aliphatic hydroxyl groups is 1. The van der Waals surface area contributed by atoms with Crippen LogP contribution >= 0.6 is 0 Å². The van der Waals surface area contributed by atoms with Gasteiger partial charge in [0.25, 0.3) is 0 Å². The molecular weight excluding hydrogens is 470 g/mol. The van der Waals surface area contributed by atoms with Crippen molar-refractivity contribution in [2.45, 2.75) is 94.1 Å². The molecule has 188 valence electrons. The number of esters is 1. The Morgan fingerprint density at radius 3 is 1.97 bits per heavy atom. The average molecular weight is 492 g/mol. The highest BCUT2D eigenvalue weighted by Crippen LogP contribution is 2.65. The van der Waals surface area contributed by atoms with E-state index >= 15 is 17.6 Å². The molecule has 1 saturated carbocycles. The first-order valence-electron chi connectivity index (χ1n) is 9.83. The van der Waals surface area contributed by atoms with Crippen LogP contribution in [0.4, 0.5) is 43.9 Å². The fourth-order valence-corrected chi connectivity index (χ4v) is 4.17. The van der Waals surface area contributed by atoms with E-state index in [9.17, 15) is 36.2 Å². The minimum Gasteiger partial charge on any atom is -0.445 e. The van der Waals surface area contributed by atoms with Crippen LogP contribution in [0.2, 0.25) is 0 Å². The topological polar surface area (TPSA) is 55.8 Å². The normalized spacial score (nSPS) is 34.7. The van der Waals surface area contributed by atoms with Crippen molar-refractivity contribution in [3.63, 3.8) is 0 Å². The number of ether oxygens (including phenoxy) is 2. The molecule has 0 aromatic carbocycles. The van der Waals surface area contributed by atoms with Crippen molar-refractivity contribution in [3.05, 3.63) is 0 Å². The molecule has 14 heteroatoms. The van der Waals surface area contributed by atoms with E-state index in [4.69, 9.17) is 0 Å². The number of rotatable bonds is 4. The van der Waals surface area contributed by atoms with E-state index in [-0.39, 0.29) is 25.7 Å². The third kappa shape index (κ3) is 3.74. The van der Waals surface area contributed by atoms with Crippen LogP contribution in [0.25, 0.3) is 0 Å². The van der Waals surface area contributed by atoms with Crippen molar-refractivity contribution < 1.29 is 63.3 Å². The van der Waals surface area contributed by atoms with Crippen molar-refractivity contribution in [3.8, 4) is 0 Å². The molecule has 0 aromatic rings. The molecule has 0 amide bonds. The Balaban J connectivity index is 2.91. The van der Waals surface area contributed by atoms with Gasteiger partial charge < -0.3 is 14.6 Å². The van der Waals surface area contributed by atoms with Gasteiger partial charge in [0.15, 0.2) is 0 Å². The van der Waals surface area contributed by atoms with Crippen molar-refractivity contribution in [2.75, 3.05) is 0 Å². The highest BCUT2D eigenvalue weighted by Gasteiger charge is 2.93. The van der Waals surface area contributed by atoms with E-state index in [1.165, 1.54) is 6.92 Å². The summed E-state index contributed by atoms with van der Waals surface area (Å²) in [5.74, 6) is -23.7. The van der Waals surface area contributed by atoms with Gasteiger partial charge in [0.2, 0.25) is 11.7 Å². The standard InChI is InChI=1S/C18H22F10O4/c1-3-9(2)11(29)31-13(10-7-5-4-6-8-10)14(19,20)12(15(21,22)23)32-17(30,16(13,24)25)18(26,27)28/h9-10,12,30H,3-8H2,1-2H3. The predicted octanol–water partition coefficient (Wildman–Crippen LogP) is 5.38. The Bertz CT molecular complexity index is 701. The second-order valence-corrected chi connectivity index (χ2v) is 8.18. The Labute approximate surface area is 176 Å². The van der Waals surface area contributed by atoms with Gasteiger partial charge in [-0.25, -0.2) is 0 Å². The van der Waals surface area contributed by atoms with Gasteiger partial charge in [-0.1, -0.05) is 33.1 Å². The van der Waals surface area contributed by atoms with Crippen LogP contribution in [-0.4, -0.2) is 52.8 Å². The van der Waals surface area contributed by atoms with E-state index in [0.717, 1.165) is 6.92 Å². The molecule has 1 heterocycles. The molecule has 2 rings (SSSR count).